The zero-order valence-electron chi connectivity index (χ0n) is 9.40. The Hall–Kier alpha value is 0.440. The molecular weight excluding hydrogens is 228 g/mol. The Morgan fingerprint density at radius 1 is 1.23 bits per heavy atom. The van der Waals surface area contributed by atoms with Crippen LogP contribution in [0.25, 0.3) is 0 Å². The Bertz CT molecular complexity index is 118. The summed E-state index contributed by atoms with van der Waals surface area (Å²) in [5.41, 5.74) is 0.388. The first-order valence-corrected chi connectivity index (χ1v) is 6.28. The van der Waals surface area contributed by atoms with Gasteiger partial charge in [-0.15, -0.1) is 0 Å². The fourth-order valence-electron chi connectivity index (χ4n) is 1.21. The van der Waals surface area contributed by atoms with Crippen molar-refractivity contribution in [3.8, 4) is 0 Å². The normalized spacial score (nSPS) is 14.5. The van der Waals surface area contributed by atoms with Gasteiger partial charge in [-0.05, 0) is 24.2 Å². The first-order chi connectivity index (χ1) is 6.02. The first kappa shape index (κ1) is 13.4. The van der Waals surface area contributed by atoms with Gasteiger partial charge in [0.15, 0.2) is 0 Å². The minimum absolute atomic E-state index is 0.388. The van der Waals surface area contributed by atoms with Crippen molar-refractivity contribution < 1.29 is 4.74 Å². The molecule has 0 aromatic rings. The Morgan fingerprint density at radius 2 is 1.85 bits per heavy atom. The number of hydrogen-bond acceptors (Lipinski definition) is 1. The molecule has 13 heavy (non-hydrogen) atoms. The topological polar surface area (TPSA) is 9.23 Å². The third-order valence-electron chi connectivity index (χ3n) is 2.37. The van der Waals surface area contributed by atoms with E-state index in [1.807, 2.05) is 0 Å². The Kier molecular flexibility index (Phi) is 7.06. The molecule has 0 aliphatic heterocycles. The summed E-state index contributed by atoms with van der Waals surface area (Å²) in [6, 6.07) is 0. The van der Waals surface area contributed by atoms with E-state index in [2.05, 4.69) is 43.6 Å². The van der Waals surface area contributed by atoms with E-state index < -0.39 is 0 Å². The van der Waals surface area contributed by atoms with Crippen molar-refractivity contribution >= 4 is 15.9 Å². The number of halogens is 1. The highest BCUT2D eigenvalue weighted by Crippen LogP contribution is 2.30. The highest BCUT2D eigenvalue weighted by molar-refractivity contribution is 9.09. The van der Waals surface area contributed by atoms with Crippen LogP contribution in [0.1, 0.15) is 40.5 Å². The van der Waals surface area contributed by atoms with Crippen LogP contribution in [-0.2, 0) is 4.74 Å². The molecule has 0 aromatic carbocycles. The van der Waals surface area contributed by atoms with Crippen molar-refractivity contribution in [3.63, 3.8) is 0 Å². The quantitative estimate of drug-likeness (QED) is 0.514. The molecule has 0 spiro atoms. The lowest BCUT2D eigenvalue weighted by Gasteiger charge is -2.29. The summed E-state index contributed by atoms with van der Waals surface area (Å²) >= 11 is 3.57. The van der Waals surface area contributed by atoms with E-state index in [1.165, 1.54) is 0 Å². The van der Waals surface area contributed by atoms with Crippen molar-refractivity contribution in [2.75, 3.05) is 18.5 Å². The van der Waals surface area contributed by atoms with Crippen LogP contribution in [0.15, 0.2) is 0 Å². The fraction of sp³-hybridized carbons (Fsp3) is 1.00. The Labute approximate surface area is 91.4 Å². The van der Waals surface area contributed by atoms with Crippen molar-refractivity contribution in [1.29, 1.82) is 0 Å². The van der Waals surface area contributed by atoms with Gasteiger partial charge < -0.3 is 4.74 Å². The molecule has 0 N–H and O–H groups in total. The summed E-state index contributed by atoms with van der Waals surface area (Å²) in [6.45, 7) is 10.8. The molecule has 80 valence electrons. The second kappa shape index (κ2) is 6.83. The molecule has 0 radical (unpaired) electrons. The minimum atomic E-state index is 0.388. The van der Waals surface area contributed by atoms with E-state index in [0.29, 0.717) is 11.3 Å². The van der Waals surface area contributed by atoms with Gasteiger partial charge in [0.05, 0.1) is 0 Å². The van der Waals surface area contributed by atoms with Crippen LogP contribution < -0.4 is 0 Å². The summed E-state index contributed by atoms with van der Waals surface area (Å²) in [5, 5.41) is 1.08. The zero-order chi connectivity index (χ0) is 10.3. The van der Waals surface area contributed by atoms with Crippen LogP contribution in [-0.4, -0.2) is 18.5 Å². The largest absolute Gasteiger partial charge is 0.381 e. The molecule has 0 amide bonds. The van der Waals surface area contributed by atoms with Crippen molar-refractivity contribution in [3.05, 3.63) is 0 Å². The number of rotatable bonds is 6. The monoisotopic (exact) mass is 250 g/mol. The molecular formula is C11H23BrO. The second-order valence-electron chi connectivity index (χ2n) is 4.62. The lowest BCUT2D eigenvalue weighted by Crippen LogP contribution is -2.23. The molecule has 0 aliphatic rings. The number of ether oxygens (including phenoxy) is 1. The molecule has 0 bridgehead atoms. The number of alkyl halides is 1. The Balaban J connectivity index is 3.61. The summed E-state index contributed by atoms with van der Waals surface area (Å²) in [4.78, 5) is 0. The lowest BCUT2D eigenvalue weighted by molar-refractivity contribution is 0.104. The van der Waals surface area contributed by atoms with Gasteiger partial charge in [-0.25, -0.2) is 0 Å². The Morgan fingerprint density at radius 3 is 2.23 bits per heavy atom. The van der Waals surface area contributed by atoms with E-state index in [-0.39, 0.29) is 0 Å². The minimum Gasteiger partial charge on any atom is -0.381 e. The molecule has 0 aromatic heterocycles. The van der Waals surface area contributed by atoms with Crippen LogP contribution in [0.3, 0.4) is 0 Å². The summed E-state index contributed by atoms with van der Waals surface area (Å²) < 4.78 is 5.49. The average molecular weight is 251 g/mol. The van der Waals surface area contributed by atoms with E-state index in [9.17, 15) is 0 Å². The standard InChI is InChI=1S/C11H23BrO/c1-5-7-13-8-6-10(9-12)11(2,3)4/h10H,5-9H2,1-4H3. The van der Waals surface area contributed by atoms with E-state index in [4.69, 9.17) is 4.74 Å². The maximum absolute atomic E-state index is 5.49. The van der Waals surface area contributed by atoms with Gasteiger partial charge in [0.2, 0.25) is 0 Å². The van der Waals surface area contributed by atoms with Gasteiger partial charge in [0.1, 0.15) is 0 Å². The summed E-state index contributed by atoms with van der Waals surface area (Å²) in [5.74, 6) is 0.712. The van der Waals surface area contributed by atoms with E-state index in [1.54, 1.807) is 0 Å². The van der Waals surface area contributed by atoms with E-state index >= 15 is 0 Å². The van der Waals surface area contributed by atoms with Crippen LogP contribution in [0.5, 0.6) is 0 Å². The van der Waals surface area contributed by atoms with Crippen LogP contribution in [0.4, 0.5) is 0 Å². The maximum Gasteiger partial charge on any atom is 0.0469 e. The van der Waals surface area contributed by atoms with Gasteiger partial charge in [0, 0.05) is 18.5 Å². The molecule has 0 saturated heterocycles. The molecule has 1 unspecified atom stereocenters. The molecule has 1 atom stereocenters. The fourth-order valence-corrected chi connectivity index (χ4v) is 2.51. The van der Waals surface area contributed by atoms with Gasteiger partial charge in [-0.3, -0.25) is 0 Å². The van der Waals surface area contributed by atoms with Crippen LogP contribution in [0.2, 0.25) is 0 Å². The first-order valence-electron chi connectivity index (χ1n) is 5.16. The predicted octanol–water partition coefficient (Wildman–Crippen LogP) is 3.86. The maximum atomic E-state index is 5.49. The lowest BCUT2D eigenvalue weighted by atomic mass is 9.80. The molecule has 0 rings (SSSR count). The third kappa shape index (κ3) is 6.50. The smallest absolute Gasteiger partial charge is 0.0469 e. The molecule has 2 heteroatoms. The molecule has 0 aliphatic carbocycles. The zero-order valence-corrected chi connectivity index (χ0v) is 11.0. The number of hydrogen-bond donors (Lipinski definition) is 0. The average Bonchev–Trinajstić information content (AvgIpc) is 2.02. The van der Waals surface area contributed by atoms with Crippen molar-refractivity contribution in [2.24, 2.45) is 11.3 Å². The van der Waals surface area contributed by atoms with Gasteiger partial charge in [0.25, 0.3) is 0 Å². The van der Waals surface area contributed by atoms with Crippen LogP contribution in [0, 0.1) is 11.3 Å². The van der Waals surface area contributed by atoms with Gasteiger partial charge in [-0.1, -0.05) is 43.6 Å². The SMILES string of the molecule is CCCOCCC(CBr)C(C)(C)C. The van der Waals surface area contributed by atoms with E-state index in [0.717, 1.165) is 31.4 Å². The highest BCUT2D eigenvalue weighted by Gasteiger charge is 2.22. The summed E-state index contributed by atoms with van der Waals surface area (Å²) in [7, 11) is 0. The molecule has 0 heterocycles. The van der Waals surface area contributed by atoms with Gasteiger partial charge >= 0.3 is 0 Å². The summed E-state index contributed by atoms with van der Waals surface area (Å²) in [6.07, 6.45) is 2.28. The molecule has 1 nitrogen and oxygen atoms in total. The second-order valence-corrected chi connectivity index (χ2v) is 5.27. The van der Waals surface area contributed by atoms with Crippen LogP contribution >= 0.6 is 15.9 Å². The predicted molar refractivity (Wildman–Crippen MR) is 62.5 cm³/mol. The van der Waals surface area contributed by atoms with Crippen molar-refractivity contribution in [1.82, 2.24) is 0 Å². The molecule has 0 fully saturated rings. The van der Waals surface area contributed by atoms with Crippen molar-refractivity contribution in [2.45, 2.75) is 40.5 Å². The van der Waals surface area contributed by atoms with Gasteiger partial charge in [-0.2, -0.15) is 0 Å². The molecule has 0 saturated carbocycles. The third-order valence-corrected chi connectivity index (χ3v) is 3.15. The highest BCUT2D eigenvalue weighted by atomic mass is 79.9.